The monoisotopic (exact) mass is 324 g/mol. The van der Waals surface area contributed by atoms with E-state index in [-0.39, 0.29) is 16.5 Å². The van der Waals surface area contributed by atoms with Crippen LogP contribution in [0.15, 0.2) is 29.2 Å². The highest BCUT2D eigenvalue weighted by Crippen LogP contribution is 2.14. The Kier molecular flexibility index (Phi) is 5.35. The van der Waals surface area contributed by atoms with Crippen LogP contribution in [-0.4, -0.2) is 33.1 Å². The largest absolute Gasteiger partial charge is 0.405 e. The topological polar surface area (TPSA) is 75.3 Å². The maximum absolute atomic E-state index is 12.0. The third-order valence-electron chi connectivity index (χ3n) is 2.27. The van der Waals surface area contributed by atoms with E-state index >= 15 is 0 Å². The first kappa shape index (κ1) is 17.4. The molecule has 0 heterocycles. The minimum absolute atomic E-state index is 0.0530. The fourth-order valence-corrected chi connectivity index (χ4v) is 2.70. The van der Waals surface area contributed by atoms with Crippen LogP contribution in [0, 0.1) is 0 Å². The van der Waals surface area contributed by atoms with Crippen LogP contribution in [0.2, 0.25) is 0 Å². The normalized spacial score (nSPS) is 12.5. The van der Waals surface area contributed by atoms with Crippen LogP contribution in [0.3, 0.4) is 0 Å². The lowest BCUT2D eigenvalue weighted by molar-refractivity contribution is -0.123. The average molecular weight is 324 g/mol. The van der Waals surface area contributed by atoms with Crippen molar-refractivity contribution in [3.05, 3.63) is 29.8 Å². The maximum atomic E-state index is 12.0. The number of alkyl halides is 3. The van der Waals surface area contributed by atoms with E-state index in [0.717, 1.165) is 24.3 Å². The van der Waals surface area contributed by atoms with Crippen molar-refractivity contribution in [3.63, 3.8) is 0 Å². The van der Waals surface area contributed by atoms with Gasteiger partial charge in [0.2, 0.25) is 10.0 Å². The van der Waals surface area contributed by atoms with Gasteiger partial charge in [-0.15, -0.1) is 0 Å². The first-order valence-electron chi connectivity index (χ1n) is 5.98. The standard InChI is InChI=1S/C12H15F3N2O3S/c1-8(2)17-21(19,20)10-5-3-9(4-6-10)11(18)16-7-12(13,14)15/h3-6,8,17H,7H2,1-2H3,(H,16,18). The van der Waals surface area contributed by atoms with E-state index in [9.17, 15) is 26.4 Å². The summed E-state index contributed by atoms with van der Waals surface area (Å²) in [5.41, 5.74) is -0.0530. The van der Waals surface area contributed by atoms with Crippen LogP contribution in [0.1, 0.15) is 24.2 Å². The molecule has 0 atom stereocenters. The second-order valence-corrected chi connectivity index (χ2v) is 6.31. The highest BCUT2D eigenvalue weighted by atomic mass is 32.2. The van der Waals surface area contributed by atoms with Crippen LogP contribution >= 0.6 is 0 Å². The fourth-order valence-electron chi connectivity index (χ4n) is 1.45. The highest BCUT2D eigenvalue weighted by molar-refractivity contribution is 7.89. The Hall–Kier alpha value is -1.61. The van der Waals surface area contributed by atoms with Gasteiger partial charge >= 0.3 is 6.18 Å². The Morgan fingerprint density at radius 1 is 1.19 bits per heavy atom. The lowest BCUT2D eigenvalue weighted by atomic mass is 10.2. The molecule has 0 aromatic heterocycles. The van der Waals surface area contributed by atoms with E-state index in [2.05, 4.69) is 4.72 Å². The molecule has 0 bridgehead atoms. The molecule has 118 valence electrons. The molecule has 0 fully saturated rings. The lowest BCUT2D eigenvalue weighted by Crippen LogP contribution is -2.33. The summed E-state index contributed by atoms with van der Waals surface area (Å²) in [6.45, 7) is 1.85. The Morgan fingerprint density at radius 3 is 2.14 bits per heavy atom. The quantitative estimate of drug-likeness (QED) is 0.865. The molecule has 0 saturated heterocycles. The second-order valence-electron chi connectivity index (χ2n) is 4.60. The van der Waals surface area contributed by atoms with Crippen molar-refractivity contribution in [2.24, 2.45) is 0 Å². The van der Waals surface area contributed by atoms with Crippen LogP contribution in [0.5, 0.6) is 0 Å². The predicted molar refractivity (Wildman–Crippen MR) is 70.3 cm³/mol. The van der Waals surface area contributed by atoms with Crippen molar-refractivity contribution in [1.82, 2.24) is 10.0 Å². The zero-order chi connectivity index (χ0) is 16.3. The van der Waals surface area contributed by atoms with Crippen molar-refractivity contribution in [1.29, 1.82) is 0 Å². The minimum Gasteiger partial charge on any atom is -0.343 e. The smallest absolute Gasteiger partial charge is 0.343 e. The number of benzene rings is 1. The second kappa shape index (κ2) is 6.44. The molecule has 2 N–H and O–H groups in total. The van der Waals surface area contributed by atoms with Gasteiger partial charge in [0.15, 0.2) is 0 Å². The summed E-state index contributed by atoms with van der Waals surface area (Å²) in [6, 6.07) is 4.33. The molecule has 0 aliphatic rings. The molecule has 5 nitrogen and oxygen atoms in total. The molecule has 0 spiro atoms. The van der Waals surface area contributed by atoms with Crippen LogP contribution in [0.4, 0.5) is 13.2 Å². The first-order chi connectivity index (χ1) is 9.51. The van der Waals surface area contributed by atoms with E-state index in [1.54, 1.807) is 19.2 Å². The van der Waals surface area contributed by atoms with Crippen molar-refractivity contribution in [3.8, 4) is 0 Å². The number of hydrogen-bond acceptors (Lipinski definition) is 3. The highest BCUT2D eigenvalue weighted by Gasteiger charge is 2.28. The van der Waals surface area contributed by atoms with E-state index in [4.69, 9.17) is 0 Å². The summed E-state index contributed by atoms with van der Waals surface area (Å²) in [4.78, 5) is 11.4. The van der Waals surface area contributed by atoms with Crippen molar-refractivity contribution < 1.29 is 26.4 Å². The van der Waals surface area contributed by atoms with Gasteiger partial charge in [-0.2, -0.15) is 13.2 Å². The number of nitrogens with one attached hydrogen (secondary N) is 2. The molecule has 0 aliphatic carbocycles. The number of hydrogen-bond donors (Lipinski definition) is 2. The van der Waals surface area contributed by atoms with Gasteiger partial charge in [0.1, 0.15) is 6.54 Å². The molecule has 0 radical (unpaired) electrons. The Morgan fingerprint density at radius 2 is 1.71 bits per heavy atom. The summed E-state index contributed by atoms with van der Waals surface area (Å²) in [7, 11) is -3.70. The molecule has 1 aromatic rings. The summed E-state index contributed by atoms with van der Waals surface area (Å²) >= 11 is 0. The van der Waals surface area contributed by atoms with Crippen molar-refractivity contribution in [2.45, 2.75) is 31.0 Å². The molecular formula is C12H15F3N2O3S. The Labute approximate surface area is 120 Å². The zero-order valence-corrected chi connectivity index (χ0v) is 12.2. The predicted octanol–water partition coefficient (Wildman–Crippen LogP) is 1.67. The van der Waals surface area contributed by atoms with Crippen LogP contribution < -0.4 is 10.0 Å². The molecule has 0 saturated carbocycles. The van der Waals surface area contributed by atoms with Gasteiger partial charge in [0, 0.05) is 11.6 Å². The number of amides is 1. The Bertz CT molecular complexity index is 595. The van der Waals surface area contributed by atoms with Gasteiger partial charge in [-0.1, -0.05) is 0 Å². The fraction of sp³-hybridized carbons (Fsp3) is 0.417. The van der Waals surface area contributed by atoms with E-state index in [1.165, 1.54) is 0 Å². The van der Waals surface area contributed by atoms with E-state index < -0.39 is 28.7 Å². The maximum Gasteiger partial charge on any atom is 0.405 e. The summed E-state index contributed by atoms with van der Waals surface area (Å²) in [5, 5.41) is 1.70. The number of halogens is 3. The molecule has 21 heavy (non-hydrogen) atoms. The summed E-state index contributed by atoms with van der Waals surface area (Å²) in [5.74, 6) is -0.923. The third kappa shape index (κ3) is 5.72. The van der Waals surface area contributed by atoms with Gasteiger partial charge in [-0.25, -0.2) is 13.1 Å². The molecule has 1 amide bonds. The SMILES string of the molecule is CC(C)NS(=O)(=O)c1ccc(C(=O)NCC(F)(F)F)cc1. The zero-order valence-electron chi connectivity index (χ0n) is 11.4. The molecular weight excluding hydrogens is 309 g/mol. The van der Waals surface area contributed by atoms with Gasteiger partial charge in [-0.3, -0.25) is 4.79 Å². The number of rotatable bonds is 5. The van der Waals surface area contributed by atoms with Crippen molar-refractivity contribution in [2.75, 3.05) is 6.54 Å². The average Bonchev–Trinajstić information content (AvgIpc) is 2.33. The first-order valence-corrected chi connectivity index (χ1v) is 7.47. The Balaban J connectivity index is 2.81. The summed E-state index contributed by atoms with van der Waals surface area (Å²) in [6.07, 6.45) is -4.50. The molecule has 1 aromatic carbocycles. The van der Waals surface area contributed by atoms with Gasteiger partial charge in [0.05, 0.1) is 4.90 Å². The van der Waals surface area contributed by atoms with E-state index in [0.29, 0.717) is 0 Å². The van der Waals surface area contributed by atoms with E-state index in [1.807, 2.05) is 0 Å². The number of carbonyl (C=O) groups excluding carboxylic acids is 1. The van der Waals surface area contributed by atoms with Crippen LogP contribution in [-0.2, 0) is 10.0 Å². The third-order valence-corrected chi connectivity index (χ3v) is 3.94. The van der Waals surface area contributed by atoms with Crippen molar-refractivity contribution >= 4 is 15.9 Å². The molecule has 0 unspecified atom stereocenters. The van der Waals surface area contributed by atoms with Gasteiger partial charge in [0.25, 0.3) is 5.91 Å². The molecule has 1 rings (SSSR count). The summed E-state index contributed by atoms with van der Waals surface area (Å²) < 4.78 is 61.9. The lowest BCUT2D eigenvalue weighted by Gasteiger charge is -2.11. The van der Waals surface area contributed by atoms with Gasteiger partial charge < -0.3 is 5.32 Å². The number of sulfonamides is 1. The minimum atomic E-state index is -4.50. The van der Waals surface area contributed by atoms with Gasteiger partial charge in [-0.05, 0) is 38.1 Å². The number of carbonyl (C=O) groups is 1. The molecule has 0 aliphatic heterocycles. The van der Waals surface area contributed by atoms with Crippen LogP contribution in [0.25, 0.3) is 0 Å². The molecule has 9 heteroatoms.